The first-order chi connectivity index (χ1) is 12.5. The first-order valence-corrected chi connectivity index (χ1v) is 9.05. The van der Waals surface area contributed by atoms with E-state index in [2.05, 4.69) is 10.3 Å². The normalized spacial score (nSPS) is 16.0. The highest BCUT2D eigenvalue weighted by atomic mass is 32.1. The molecule has 0 unspecified atom stereocenters. The van der Waals surface area contributed by atoms with Crippen molar-refractivity contribution in [1.82, 2.24) is 10.3 Å². The minimum atomic E-state index is -0.961. The average molecular weight is 376 g/mol. The summed E-state index contributed by atoms with van der Waals surface area (Å²) in [6.07, 6.45) is 2.29. The SMILES string of the molecule is COc1ccc(-c2ncc(C(=O)NCC3(C(=O)O)CCOCC3)s2)cc1. The Kier molecular flexibility index (Phi) is 5.53. The van der Waals surface area contributed by atoms with Crippen LogP contribution in [0.5, 0.6) is 5.75 Å². The van der Waals surface area contributed by atoms with E-state index in [1.165, 1.54) is 17.5 Å². The van der Waals surface area contributed by atoms with Crippen molar-refractivity contribution in [2.45, 2.75) is 12.8 Å². The van der Waals surface area contributed by atoms with Gasteiger partial charge in [0, 0.05) is 25.3 Å². The number of aromatic nitrogens is 1. The maximum atomic E-state index is 12.4. The standard InChI is InChI=1S/C18H20N2O5S/c1-24-13-4-2-12(3-5-13)16-19-10-14(26-16)15(21)20-11-18(17(22)23)6-8-25-9-7-18/h2-5,10H,6-9,11H2,1H3,(H,20,21)(H,22,23). The van der Waals surface area contributed by atoms with Crippen LogP contribution in [0.25, 0.3) is 10.6 Å². The maximum absolute atomic E-state index is 12.4. The van der Waals surface area contributed by atoms with Gasteiger partial charge in [0.15, 0.2) is 0 Å². The van der Waals surface area contributed by atoms with E-state index in [0.29, 0.717) is 30.9 Å². The van der Waals surface area contributed by atoms with E-state index >= 15 is 0 Å². The number of thiazole rings is 1. The van der Waals surface area contributed by atoms with E-state index in [0.717, 1.165) is 16.3 Å². The molecule has 0 spiro atoms. The third-order valence-electron chi connectivity index (χ3n) is 4.56. The molecule has 1 aromatic heterocycles. The van der Waals surface area contributed by atoms with Gasteiger partial charge in [0.25, 0.3) is 5.91 Å². The number of carboxylic acids is 1. The summed E-state index contributed by atoms with van der Waals surface area (Å²) in [5.74, 6) is -0.461. The Morgan fingerprint density at radius 1 is 1.31 bits per heavy atom. The number of hydrogen-bond acceptors (Lipinski definition) is 6. The van der Waals surface area contributed by atoms with Gasteiger partial charge in [-0.25, -0.2) is 4.98 Å². The predicted octanol–water partition coefficient (Wildman–Crippen LogP) is 2.43. The minimum absolute atomic E-state index is 0.0836. The molecule has 1 aliphatic rings. The lowest BCUT2D eigenvalue weighted by molar-refractivity contribution is -0.154. The molecule has 2 heterocycles. The Morgan fingerprint density at radius 3 is 2.62 bits per heavy atom. The van der Waals surface area contributed by atoms with Crippen LogP contribution in [-0.4, -0.2) is 48.8 Å². The zero-order valence-electron chi connectivity index (χ0n) is 14.4. The Balaban J connectivity index is 1.66. The van der Waals surface area contributed by atoms with Crippen LogP contribution in [0.4, 0.5) is 0 Å². The first-order valence-electron chi connectivity index (χ1n) is 8.24. The highest BCUT2D eigenvalue weighted by molar-refractivity contribution is 7.16. The van der Waals surface area contributed by atoms with Gasteiger partial charge in [-0.3, -0.25) is 9.59 Å². The number of hydrogen-bond donors (Lipinski definition) is 2. The van der Waals surface area contributed by atoms with Crippen LogP contribution in [0.3, 0.4) is 0 Å². The Labute approximate surface area is 155 Å². The Morgan fingerprint density at radius 2 is 2.00 bits per heavy atom. The van der Waals surface area contributed by atoms with Crippen LogP contribution >= 0.6 is 11.3 Å². The zero-order chi connectivity index (χ0) is 18.6. The largest absolute Gasteiger partial charge is 0.497 e. The first kappa shape index (κ1) is 18.3. The van der Waals surface area contributed by atoms with Gasteiger partial charge in [0.2, 0.25) is 0 Å². The van der Waals surface area contributed by atoms with Crippen molar-refractivity contribution in [2.75, 3.05) is 26.9 Å². The molecular weight excluding hydrogens is 356 g/mol. The van der Waals surface area contributed by atoms with E-state index < -0.39 is 11.4 Å². The molecule has 0 aliphatic carbocycles. The number of benzene rings is 1. The molecule has 2 N–H and O–H groups in total. The molecule has 0 atom stereocenters. The molecule has 2 aromatic rings. The van der Waals surface area contributed by atoms with Crippen molar-refractivity contribution in [2.24, 2.45) is 5.41 Å². The lowest BCUT2D eigenvalue weighted by atomic mass is 9.80. The van der Waals surface area contributed by atoms with E-state index in [1.54, 1.807) is 7.11 Å². The summed E-state index contributed by atoms with van der Waals surface area (Å²) in [4.78, 5) is 28.8. The van der Waals surface area contributed by atoms with Gasteiger partial charge in [0.05, 0.1) is 18.7 Å². The number of ether oxygens (including phenoxy) is 2. The second-order valence-corrected chi connectivity index (χ2v) is 7.17. The van der Waals surface area contributed by atoms with E-state index in [4.69, 9.17) is 9.47 Å². The summed E-state index contributed by atoms with van der Waals surface area (Å²) in [7, 11) is 1.60. The summed E-state index contributed by atoms with van der Waals surface area (Å²) in [5.41, 5.74) is -0.0708. The quantitative estimate of drug-likeness (QED) is 0.804. The van der Waals surface area contributed by atoms with E-state index in [9.17, 15) is 14.7 Å². The van der Waals surface area contributed by atoms with Crippen LogP contribution in [0.1, 0.15) is 22.5 Å². The van der Waals surface area contributed by atoms with Crippen molar-refractivity contribution in [1.29, 1.82) is 0 Å². The van der Waals surface area contributed by atoms with Crippen molar-refractivity contribution in [3.05, 3.63) is 35.3 Å². The van der Waals surface area contributed by atoms with Gasteiger partial charge < -0.3 is 19.9 Å². The molecule has 138 valence electrons. The molecule has 1 aromatic carbocycles. The topological polar surface area (TPSA) is 97.8 Å². The molecular formula is C18H20N2O5S. The van der Waals surface area contributed by atoms with Crippen molar-refractivity contribution in [3.8, 4) is 16.3 Å². The molecule has 0 radical (unpaired) electrons. The van der Waals surface area contributed by atoms with E-state index in [-0.39, 0.29) is 12.5 Å². The molecule has 0 saturated carbocycles. The smallest absolute Gasteiger partial charge is 0.311 e. The van der Waals surface area contributed by atoms with Gasteiger partial charge in [-0.1, -0.05) is 0 Å². The van der Waals surface area contributed by atoms with Crippen LogP contribution in [0.2, 0.25) is 0 Å². The highest BCUT2D eigenvalue weighted by Crippen LogP contribution is 2.31. The number of rotatable bonds is 6. The fourth-order valence-corrected chi connectivity index (χ4v) is 3.65. The summed E-state index contributed by atoms with van der Waals surface area (Å²) < 4.78 is 10.4. The second kappa shape index (κ2) is 7.84. The fourth-order valence-electron chi connectivity index (χ4n) is 2.81. The van der Waals surface area contributed by atoms with Crippen LogP contribution in [0, 0.1) is 5.41 Å². The van der Waals surface area contributed by atoms with Crippen molar-refractivity contribution in [3.63, 3.8) is 0 Å². The molecule has 7 nitrogen and oxygen atoms in total. The van der Waals surface area contributed by atoms with Gasteiger partial charge in [-0.2, -0.15) is 0 Å². The minimum Gasteiger partial charge on any atom is -0.497 e. The Bertz CT molecular complexity index is 781. The van der Waals surface area contributed by atoms with Gasteiger partial charge in [-0.05, 0) is 37.1 Å². The molecule has 1 fully saturated rings. The number of carboxylic acid groups (broad SMARTS) is 1. The molecule has 8 heteroatoms. The molecule has 1 amide bonds. The van der Waals surface area contributed by atoms with Crippen LogP contribution in [0.15, 0.2) is 30.5 Å². The van der Waals surface area contributed by atoms with Crippen LogP contribution in [-0.2, 0) is 9.53 Å². The Hall–Kier alpha value is -2.45. The molecule has 26 heavy (non-hydrogen) atoms. The van der Waals surface area contributed by atoms with Crippen molar-refractivity contribution < 1.29 is 24.2 Å². The number of nitrogens with zero attached hydrogens (tertiary/aromatic N) is 1. The monoisotopic (exact) mass is 376 g/mol. The number of carbonyl (C=O) groups excluding carboxylic acids is 1. The zero-order valence-corrected chi connectivity index (χ0v) is 15.2. The number of aliphatic carboxylic acids is 1. The average Bonchev–Trinajstić information content (AvgIpc) is 3.17. The molecule has 1 saturated heterocycles. The van der Waals surface area contributed by atoms with E-state index in [1.807, 2.05) is 24.3 Å². The molecule has 3 rings (SSSR count). The molecule has 1 aliphatic heterocycles. The van der Waals surface area contributed by atoms with Gasteiger partial charge >= 0.3 is 5.97 Å². The number of methoxy groups -OCH3 is 1. The number of carbonyl (C=O) groups is 2. The summed E-state index contributed by atoms with van der Waals surface area (Å²) in [6, 6.07) is 7.41. The molecule has 0 bridgehead atoms. The van der Waals surface area contributed by atoms with Crippen molar-refractivity contribution >= 4 is 23.2 Å². The summed E-state index contributed by atoms with van der Waals surface area (Å²) in [6.45, 7) is 0.870. The third kappa shape index (κ3) is 3.86. The summed E-state index contributed by atoms with van der Waals surface area (Å²) in [5, 5.41) is 13.0. The fraction of sp³-hybridized carbons (Fsp3) is 0.389. The third-order valence-corrected chi connectivity index (χ3v) is 5.60. The second-order valence-electron chi connectivity index (χ2n) is 6.14. The lowest BCUT2D eigenvalue weighted by Crippen LogP contribution is -2.46. The number of amides is 1. The van der Waals surface area contributed by atoms with Crippen LogP contribution < -0.4 is 10.1 Å². The van der Waals surface area contributed by atoms with Gasteiger partial charge in [0.1, 0.15) is 15.6 Å². The predicted molar refractivity (Wildman–Crippen MR) is 96.6 cm³/mol. The maximum Gasteiger partial charge on any atom is 0.311 e. The summed E-state index contributed by atoms with van der Waals surface area (Å²) >= 11 is 1.27. The number of nitrogens with one attached hydrogen (secondary N) is 1. The lowest BCUT2D eigenvalue weighted by Gasteiger charge is -2.33. The van der Waals surface area contributed by atoms with Gasteiger partial charge in [-0.15, -0.1) is 11.3 Å². The highest BCUT2D eigenvalue weighted by Gasteiger charge is 2.40.